The summed E-state index contributed by atoms with van der Waals surface area (Å²) in [6.45, 7) is 0.626. The minimum atomic E-state index is -0.737. The van der Waals surface area contributed by atoms with E-state index in [1.807, 2.05) is 12.1 Å². The first kappa shape index (κ1) is 23.9. The fraction of sp³-hybridized carbons (Fsp3) is 0.400. The fourth-order valence-electron chi connectivity index (χ4n) is 4.38. The number of rotatable bonds is 8. The lowest BCUT2D eigenvalue weighted by Crippen LogP contribution is -2.42. The summed E-state index contributed by atoms with van der Waals surface area (Å²) in [5.41, 5.74) is 2.43. The summed E-state index contributed by atoms with van der Waals surface area (Å²) in [6.07, 6.45) is 3.23. The molecular weight excluding hydrogens is 458 g/mol. The van der Waals surface area contributed by atoms with Crippen LogP contribution in [0.5, 0.6) is 5.75 Å². The highest BCUT2D eigenvalue weighted by molar-refractivity contribution is 6.30. The Kier molecular flexibility index (Phi) is 7.57. The number of fused-ring (bicyclic) bond motifs is 1. The second-order valence-electron chi connectivity index (χ2n) is 8.70. The molecule has 34 heavy (non-hydrogen) atoms. The number of carbonyl (C=O) groups is 3. The lowest BCUT2D eigenvalue weighted by atomic mass is 9.87. The van der Waals surface area contributed by atoms with Gasteiger partial charge in [0.1, 0.15) is 11.8 Å². The second kappa shape index (κ2) is 10.8. The molecule has 1 atom stereocenters. The smallest absolute Gasteiger partial charge is 0.306 e. The van der Waals surface area contributed by atoms with Crippen LogP contribution in [-0.4, -0.2) is 48.1 Å². The first-order chi connectivity index (χ1) is 16.4. The minimum absolute atomic E-state index is 0.00183. The second-order valence-corrected chi connectivity index (χ2v) is 9.14. The van der Waals surface area contributed by atoms with Gasteiger partial charge in [-0.2, -0.15) is 0 Å². The van der Waals surface area contributed by atoms with Crippen molar-refractivity contribution < 1.29 is 24.2 Å². The van der Waals surface area contributed by atoms with Crippen molar-refractivity contribution in [1.29, 1.82) is 0 Å². The van der Waals surface area contributed by atoms with E-state index in [4.69, 9.17) is 21.4 Å². The first-order valence-corrected chi connectivity index (χ1v) is 11.9. The third kappa shape index (κ3) is 5.99. The zero-order chi connectivity index (χ0) is 24.1. The van der Waals surface area contributed by atoms with Crippen LogP contribution in [0.25, 0.3) is 0 Å². The van der Waals surface area contributed by atoms with Crippen molar-refractivity contribution in [2.24, 2.45) is 5.92 Å². The predicted molar refractivity (Wildman–Crippen MR) is 128 cm³/mol. The van der Waals surface area contributed by atoms with E-state index >= 15 is 0 Å². The largest absolute Gasteiger partial charge is 0.490 e. The van der Waals surface area contributed by atoms with Crippen LogP contribution in [0, 0.1) is 5.92 Å². The molecule has 4 rings (SSSR count). The van der Waals surface area contributed by atoms with Crippen molar-refractivity contribution in [3.8, 4) is 5.75 Å². The molecule has 1 saturated carbocycles. The molecular formula is C25H28ClN3O5. The molecule has 2 aromatic carbocycles. The first-order valence-electron chi connectivity index (χ1n) is 11.5. The van der Waals surface area contributed by atoms with Crippen LogP contribution >= 0.6 is 11.6 Å². The van der Waals surface area contributed by atoms with Gasteiger partial charge in [-0.25, -0.2) is 0 Å². The van der Waals surface area contributed by atoms with Crippen molar-refractivity contribution in [1.82, 2.24) is 10.6 Å². The Bertz CT molecular complexity index is 1050. The lowest BCUT2D eigenvalue weighted by molar-refractivity contribution is -0.143. The summed E-state index contributed by atoms with van der Waals surface area (Å²) in [5.74, 6) is -0.710. The van der Waals surface area contributed by atoms with Crippen LogP contribution in [0.1, 0.15) is 41.6 Å². The lowest BCUT2D eigenvalue weighted by Gasteiger charge is -2.26. The van der Waals surface area contributed by atoms with Crippen LogP contribution in [0.2, 0.25) is 5.02 Å². The Labute approximate surface area is 203 Å². The van der Waals surface area contributed by atoms with E-state index in [1.54, 1.807) is 30.3 Å². The van der Waals surface area contributed by atoms with Gasteiger partial charge in [-0.15, -0.1) is 0 Å². The molecule has 1 heterocycles. The number of hydrogen-bond acceptors (Lipinski definition) is 5. The average Bonchev–Trinajstić information content (AvgIpc) is 3.26. The Balaban J connectivity index is 1.15. The van der Waals surface area contributed by atoms with Crippen LogP contribution < -0.4 is 20.7 Å². The molecule has 1 aliphatic heterocycles. The number of nitrogens with one attached hydrogen (secondary N) is 3. The summed E-state index contributed by atoms with van der Waals surface area (Å²) in [6, 6.07) is 12.0. The Hall–Kier alpha value is -3.26. The SMILES string of the molecule is O=C(NCCNC(=O)C1Cc2cc(Cl)ccc2N1)c1ccc(OC2CCC(C(=O)O)CC2)cc1. The van der Waals surface area contributed by atoms with Gasteiger partial charge in [0.2, 0.25) is 5.91 Å². The van der Waals surface area contributed by atoms with Crippen molar-refractivity contribution in [3.05, 3.63) is 58.6 Å². The Morgan fingerprint density at radius 1 is 1.00 bits per heavy atom. The molecule has 0 saturated heterocycles. The van der Waals surface area contributed by atoms with Gasteiger partial charge in [-0.1, -0.05) is 11.6 Å². The van der Waals surface area contributed by atoms with Gasteiger partial charge in [0.05, 0.1) is 12.0 Å². The molecule has 2 aromatic rings. The number of aliphatic carboxylic acids is 1. The number of halogens is 1. The van der Waals surface area contributed by atoms with Crippen molar-refractivity contribution in [2.75, 3.05) is 18.4 Å². The molecule has 9 heteroatoms. The molecule has 180 valence electrons. The highest BCUT2D eigenvalue weighted by Crippen LogP contribution is 2.29. The minimum Gasteiger partial charge on any atom is -0.490 e. The van der Waals surface area contributed by atoms with Gasteiger partial charge in [0.25, 0.3) is 5.91 Å². The van der Waals surface area contributed by atoms with Gasteiger partial charge in [-0.05, 0) is 73.7 Å². The maximum atomic E-state index is 12.4. The number of carboxylic acids is 1. The van der Waals surface area contributed by atoms with E-state index in [0.717, 1.165) is 11.3 Å². The number of benzene rings is 2. The molecule has 8 nitrogen and oxygen atoms in total. The fourth-order valence-corrected chi connectivity index (χ4v) is 4.58. The topological polar surface area (TPSA) is 117 Å². The summed E-state index contributed by atoms with van der Waals surface area (Å²) >= 11 is 6.01. The quantitative estimate of drug-likeness (QED) is 0.426. The molecule has 0 aromatic heterocycles. The molecule has 1 fully saturated rings. The molecule has 0 bridgehead atoms. The van der Waals surface area contributed by atoms with E-state index < -0.39 is 5.97 Å². The highest BCUT2D eigenvalue weighted by atomic mass is 35.5. The number of ether oxygens (including phenoxy) is 1. The van der Waals surface area contributed by atoms with E-state index in [0.29, 0.717) is 61.5 Å². The molecule has 0 radical (unpaired) electrons. The summed E-state index contributed by atoms with van der Waals surface area (Å²) in [4.78, 5) is 35.8. The molecule has 2 amide bonds. The number of hydrogen-bond donors (Lipinski definition) is 4. The molecule has 2 aliphatic rings. The number of anilines is 1. The van der Waals surface area contributed by atoms with E-state index in [9.17, 15) is 14.4 Å². The van der Waals surface area contributed by atoms with E-state index in [2.05, 4.69) is 16.0 Å². The highest BCUT2D eigenvalue weighted by Gasteiger charge is 2.27. The van der Waals surface area contributed by atoms with Crippen LogP contribution in [0.3, 0.4) is 0 Å². The third-order valence-electron chi connectivity index (χ3n) is 6.29. The van der Waals surface area contributed by atoms with Gasteiger partial charge in [0, 0.05) is 35.8 Å². The van der Waals surface area contributed by atoms with Crippen LogP contribution in [0.4, 0.5) is 5.69 Å². The van der Waals surface area contributed by atoms with E-state index in [-0.39, 0.29) is 29.9 Å². The monoisotopic (exact) mass is 485 g/mol. The predicted octanol–water partition coefficient (Wildman–Crippen LogP) is 3.25. The maximum Gasteiger partial charge on any atom is 0.306 e. The summed E-state index contributed by atoms with van der Waals surface area (Å²) in [5, 5.41) is 18.6. The van der Waals surface area contributed by atoms with Crippen molar-refractivity contribution in [2.45, 2.75) is 44.2 Å². The van der Waals surface area contributed by atoms with E-state index in [1.165, 1.54) is 0 Å². The Morgan fingerprint density at radius 3 is 2.41 bits per heavy atom. The van der Waals surface area contributed by atoms with Gasteiger partial charge in [0.15, 0.2) is 0 Å². The van der Waals surface area contributed by atoms with Crippen LogP contribution in [-0.2, 0) is 16.0 Å². The molecule has 1 unspecified atom stereocenters. The zero-order valence-electron chi connectivity index (χ0n) is 18.7. The standard InChI is InChI=1S/C25H28ClN3O5/c26-18-5-10-21-17(13-18)14-22(29-21)24(31)28-12-11-27-23(30)15-1-6-19(7-2-15)34-20-8-3-16(4-9-20)25(32)33/h1-2,5-7,10,13,16,20,22,29H,3-4,8-9,11-12,14H2,(H,27,30)(H,28,31)(H,32,33). The van der Waals surface area contributed by atoms with Gasteiger partial charge in [-0.3, -0.25) is 14.4 Å². The molecule has 0 spiro atoms. The van der Waals surface area contributed by atoms with Gasteiger partial charge < -0.3 is 25.8 Å². The molecule has 1 aliphatic carbocycles. The summed E-state index contributed by atoms with van der Waals surface area (Å²) in [7, 11) is 0. The average molecular weight is 486 g/mol. The molecule has 4 N–H and O–H groups in total. The summed E-state index contributed by atoms with van der Waals surface area (Å²) < 4.78 is 5.94. The number of amides is 2. The third-order valence-corrected chi connectivity index (χ3v) is 6.53. The van der Waals surface area contributed by atoms with Crippen molar-refractivity contribution in [3.63, 3.8) is 0 Å². The zero-order valence-corrected chi connectivity index (χ0v) is 19.4. The maximum absolute atomic E-state index is 12.4. The number of carboxylic acid groups (broad SMARTS) is 1. The Morgan fingerprint density at radius 2 is 1.71 bits per heavy atom. The van der Waals surface area contributed by atoms with Crippen LogP contribution in [0.15, 0.2) is 42.5 Å². The normalized spacial score (nSPS) is 21.1. The van der Waals surface area contributed by atoms with Crippen molar-refractivity contribution >= 4 is 35.1 Å². The van der Waals surface area contributed by atoms with Gasteiger partial charge >= 0.3 is 5.97 Å². The number of carbonyl (C=O) groups excluding carboxylic acids is 2.